The predicted molar refractivity (Wildman–Crippen MR) is 69.4 cm³/mol. The molecule has 2 heterocycles. The second kappa shape index (κ2) is 6.10. The molecule has 5 heteroatoms. The van der Waals surface area contributed by atoms with E-state index in [1.807, 2.05) is 11.8 Å². The maximum Gasteiger partial charge on any atom is 0.129 e. The van der Waals surface area contributed by atoms with E-state index in [4.69, 9.17) is 27.9 Å². The van der Waals surface area contributed by atoms with Crippen LogP contribution in [0.3, 0.4) is 0 Å². The summed E-state index contributed by atoms with van der Waals surface area (Å²) in [7, 11) is 0. The van der Waals surface area contributed by atoms with Crippen LogP contribution in [-0.2, 0) is 10.5 Å². The molecule has 0 saturated carbocycles. The Labute approximate surface area is 110 Å². The fraction of sp³-hybridized carbons (Fsp3) is 0.545. The Hall–Kier alpha value is 0.0400. The second-order valence-corrected chi connectivity index (χ2v) is 5.77. The highest BCUT2D eigenvalue weighted by atomic mass is 35.5. The van der Waals surface area contributed by atoms with Gasteiger partial charge in [-0.15, -0.1) is 0 Å². The monoisotopic (exact) mass is 277 g/mol. The van der Waals surface area contributed by atoms with Gasteiger partial charge in [0.1, 0.15) is 5.15 Å². The summed E-state index contributed by atoms with van der Waals surface area (Å²) in [5.41, 5.74) is 0.880. The van der Waals surface area contributed by atoms with Gasteiger partial charge in [0.25, 0.3) is 0 Å². The molecule has 0 radical (unpaired) electrons. The number of aromatic nitrogens is 1. The van der Waals surface area contributed by atoms with Gasteiger partial charge in [-0.2, -0.15) is 11.8 Å². The highest BCUT2D eigenvalue weighted by Gasteiger charge is 2.15. The smallest absolute Gasteiger partial charge is 0.129 e. The Morgan fingerprint density at radius 2 is 2.06 bits per heavy atom. The summed E-state index contributed by atoms with van der Waals surface area (Å²) in [5, 5.41) is 1.86. The Kier molecular flexibility index (Phi) is 4.77. The number of rotatable bonds is 3. The highest BCUT2D eigenvalue weighted by Crippen LogP contribution is 2.28. The van der Waals surface area contributed by atoms with Crippen molar-refractivity contribution in [2.75, 3.05) is 13.2 Å². The van der Waals surface area contributed by atoms with Gasteiger partial charge in [0.05, 0.1) is 10.7 Å². The number of nitrogens with zero attached hydrogens (tertiary/aromatic N) is 1. The van der Waals surface area contributed by atoms with Crippen LogP contribution in [0.5, 0.6) is 0 Å². The molecule has 1 fully saturated rings. The van der Waals surface area contributed by atoms with Crippen LogP contribution in [0.1, 0.15) is 18.5 Å². The van der Waals surface area contributed by atoms with Gasteiger partial charge in [-0.05, 0) is 25.0 Å². The molecule has 88 valence electrons. The van der Waals surface area contributed by atoms with Crippen LogP contribution >= 0.6 is 35.0 Å². The predicted octanol–water partition coefficient (Wildman–Crippen LogP) is 3.80. The molecule has 0 unspecified atom stereocenters. The van der Waals surface area contributed by atoms with E-state index in [0.29, 0.717) is 15.4 Å². The average Bonchev–Trinajstić information content (AvgIpc) is 2.32. The van der Waals surface area contributed by atoms with Crippen molar-refractivity contribution in [1.29, 1.82) is 0 Å². The van der Waals surface area contributed by atoms with Crippen LogP contribution in [0.25, 0.3) is 0 Å². The quantitative estimate of drug-likeness (QED) is 0.785. The zero-order valence-electron chi connectivity index (χ0n) is 8.79. The molecule has 0 N–H and O–H groups in total. The maximum atomic E-state index is 6.05. The maximum absolute atomic E-state index is 6.05. The van der Waals surface area contributed by atoms with Crippen LogP contribution in [0.15, 0.2) is 12.1 Å². The third-order valence-corrected chi connectivity index (χ3v) is 4.45. The Balaban J connectivity index is 1.90. The molecule has 1 aliphatic heterocycles. The zero-order valence-corrected chi connectivity index (χ0v) is 11.1. The average molecular weight is 278 g/mol. The highest BCUT2D eigenvalue weighted by molar-refractivity contribution is 7.99. The molecule has 1 aromatic rings. The molecule has 0 bridgehead atoms. The van der Waals surface area contributed by atoms with Crippen LogP contribution in [0.4, 0.5) is 0 Å². The van der Waals surface area contributed by atoms with Crippen molar-refractivity contribution >= 4 is 35.0 Å². The minimum Gasteiger partial charge on any atom is -0.381 e. The van der Waals surface area contributed by atoms with Gasteiger partial charge in [-0.1, -0.05) is 23.2 Å². The van der Waals surface area contributed by atoms with Gasteiger partial charge in [0.2, 0.25) is 0 Å². The van der Waals surface area contributed by atoms with Crippen molar-refractivity contribution in [3.63, 3.8) is 0 Å². The first kappa shape index (κ1) is 12.5. The van der Waals surface area contributed by atoms with Crippen molar-refractivity contribution in [3.8, 4) is 0 Å². The van der Waals surface area contributed by atoms with E-state index in [0.717, 1.165) is 37.5 Å². The fourth-order valence-corrected chi connectivity index (χ4v) is 3.15. The molecular weight excluding hydrogens is 265 g/mol. The van der Waals surface area contributed by atoms with Gasteiger partial charge in [0, 0.05) is 24.2 Å². The first-order valence-corrected chi connectivity index (χ1v) is 7.06. The molecule has 0 amide bonds. The summed E-state index contributed by atoms with van der Waals surface area (Å²) in [6.07, 6.45) is 2.23. The molecule has 0 aromatic carbocycles. The third kappa shape index (κ3) is 3.52. The lowest BCUT2D eigenvalue weighted by Crippen LogP contribution is -2.17. The van der Waals surface area contributed by atoms with Crippen molar-refractivity contribution in [2.24, 2.45) is 0 Å². The Morgan fingerprint density at radius 3 is 2.81 bits per heavy atom. The third-order valence-electron chi connectivity index (χ3n) is 2.51. The second-order valence-electron chi connectivity index (χ2n) is 3.69. The van der Waals surface area contributed by atoms with Crippen LogP contribution < -0.4 is 0 Å². The molecule has 2 nitrogen and oxygen atoms in total. The SMILES string of the molecule is Clc1ccc(Cl)c(CSC2CCOCC2)n1. The normalized spacial score (nSPS) is 17.6. The molecule has 2 rings (SSSR count). The van der Waals surface area contributed by atoms with Crippen molar-refractivity contribution < 1.29 is 4.74 Å². The molecule has 1 aromatic heterocycles. The van der Waals surface area contributed by atoms with Gasteiger partial charge in [-0.3, -0.25) is 0 Å². The van der Waals surface area contributed by atoms with E-state index >= 15 is 0 Å². The van der Waals surface area contributed by atoms with Gasteiger partial charge in [0.15, 0.2) is 0 Å². The number of halogens is 2. The van der Waals surface area contributed by atoms with Crippen LogP contribution in [0, 0.1) is 0 Å². The fourth-order valence-electron chi connectivity index (χ4n) is 1.60. The lowest BCUT2D eigenvalue weighted by atomic mass is 10.2. The van der Waals surface area contributed by atoms with E-state index in [9.17, 15) is 0 Å². The minimum atomic E-state index is 0.506. The molecule has 0 spiro atoms. The summed E-state index contributed by atoms with van der Waals surface area (Å²) >= 11 is 13.8. The van der Waals surface area contributed by atoms with Crippen molar-refractivity contribution in [3.05, 3.63) is 28.0 Å². The summed E-state index contributed by atoms with van der Waals surface area (Å²) in [4.78, 5) is 4.24. The number of ether oxygens (including phenoxy) is 1. The van der Waals surface area contributed by atoms with Gasteiger partial charge >= 0.3 is 0 Å². The van der Waals surface area contributed by atoms with E-state index in [2.05, 4.69) is 4.98 Å². The number of hydrogen-bond acceptors (Lipinski definition) is 3. The summed E-state index contributed by atoms with van der Waals surface area (Å²) in [6, 6.07) is 3.52. The molecule has 1 saturated heterocycles. The molecule has 0 aliphatic carbocycles. The molecule has 16 heavy (non-hydrogen) atoms. The summed E-state index contributed by atoms with van der Waals surface area (Å²) in [5.74, 6) is 0.823. The van der Waals surface area contributed by atoms with Gasteiger partial charge in [-0.25, -0.2) is 4.98 Å². The number of pyridine rings is 1. The van der Waals surface area contributed by atoms with E-state index in [-0.39, 0.29) is 0 Å². The van der Waals surface area contributed by atoms with Crippen LogP contribution in [-0.4, -0.2) is 23.4 Å². The molecule has 1 aliphatic rings. The Bertz CT molecular complexity index is 356. The van der Waals surface area contributed by atoms with E-state index in [1.54, 1.807) is 12.1 Å². The Morgan fingerprint density at radius 1 is 1.31 bits per heavy atom. The molecular formula is C11H13Cl2NOS. The standard InChI is InChI=1S/C11H13Cl2NOS/c12-9-1-2-11(13)14-10(9)7-16-8-3-5-15-6-4-8/h1-2,8H,3-7H2. The first-order chi connectivity index (χ1) is 7.75. The lowest BCUT2D eigenvalue weighted by Gasteiger charge is -2.21. The lowest BCUT2D eigenvalue weighted by molar-refractivity contribution is 0.1000. The largest absolute Gasteiger partial charge is 0.381 e. The van der Waals surface area contributed by atoms with Crippen LogP contribution in [0.2, 0.25) is 10.2 Å². The van der Waals surface area contributed by atoms with E-state index < -0.39 is 0 Å². The van der Waals surface area contributed by atoms with Crippen molar-refractivity contribution in [2.45, 2.75) is 23.8 Å². The number of thioether (sulfide) groups is 1. The topological polar surface area (TPSA) is 22.1 Å². The summed E-state index contributed by atoms with van der Waals surface area (Å²) in [6.45, 7) is 1.74. The van der Waals surface area contributed by atoms with Crippen molar-refractivity contribution in [1.82, 2.24) is 4.98 Å². The molecule has 0 atom stereocenters. The van der Waals surface area contributed by atoms with E-state index in [1.165, 1.54) is 0 Å². The minimum absolute atomic E-state index is 0.506. The van der Waals surface area contributed by atoms with Gasteiger partial charge < -0.3 is 4.74 Å². The summed E-state index contributed by atoms with van der Waals surface area (Å²) < 4.78 is 5.32. The zero-order chi connectivity index (χ0) is 11.4. The first-order valence-electron chi connectivity index (χ1n) is 5.26. The number of hydrogen-bond donors (Lipinski definition) is 0.